The molecule has 4 aliphatic rings. The van der Waals surface area contributed by atoms with Crippen LogP contribution in [0.2, 0.25) is 0 Å². The number of rotatable bonds is 6. The fourth-order valence-electron chi connectivity index (χ4n) is 8.60. The summed E-state index contributed by atoms with van der Waals surface area (Å²) < 4.78 is 26.9. The molecule has 0 unspecified atom stereocenters. The molecule has 2 amide bonds. The van der Waals surface area contributed by atoms with Gasteiger partial charge in [-0.2, -0.15) is 5.26 Å². The zero-order valence-electron chi connectivity index (χ0n) is 29.8. The number of aryl methyl sites for hydroxylation is 1. The largest absolute Gasteiger partial charge is 0.444 e. The number of benzene rings is 2. The number of hydrogen-bond acceptors (Lipinski definition) is 6. The molecule has 1 spiro atoms. The number of piperidine rings is 2. The first-order chi connectivity index (χ1) is 23.1. The molecule has 0 radical (unpaired) electrons. The molecular formula is C40H50FN3O5. The Bertz CT molecular complexity index is 1660. The summed E-state index contributed by atoms with van der Waals surface area (Å²) in [4.78, 5) is 42.8. The van der Waals surface area contributed by atoms with E-state index in [4.69, 9.17) is 9.47 Å². The molecule has 2 aliphatic carbocycles. The normalized spacial score (nSPS) is 23.3. The lowest BCUT2D eigenvalue weighted by Crippen LogP contribution is -2.51. The third kappa shape index (κ3) is 7.34. The van der Waals surface area contributed by atoms with Crippen LogP contribution in [-0.4, -0.2) is 64.1 Å². The minimum Gasteiger partial charge on any atom is -0.444 e. The zero-order valence-corrected chi connectivity index (χ0v) is 29.8. The molecule has 3 fully saturated rings. The van der Waals surface area contributed by atoms with E-state index in [0.29, 0.717) is 18.7 Å². The smallest absolute Gasteiger partial charge is 0.411 e. The highest BCUT2D eigenvalue weighted by Gasteiger charge is 2.52. The first-order valence-corrected chi connectivity index (χ1v) is 17.9. The Balaban J connectivity index is 1.12. The lowest BCUT2D eigenvalue weighted by Gasteiger charge is -2.40. The quantitative estimate of drug-likeness (QED) is 0.308. The van der Waals surface area contributed by atoms with Gasteiger partial charge in [0.25, 0.3) is 0 Å². The summed E-state index contributed by atoms with van der Waals surface area (Å²) >= 11 is 0. The molecular weight excluding hydrogens is 621 g/mol. The van der Waals surface area contributed by atoms with Crippen LogP contribution in [0, 0.1) is 29.0 Å². The van der Waals surface area contributed by atoms with Gasteiger partial charge >= 0.3 is 12.2 Å². The van der Waals surface area contributed by atoms with Gasteiger partial charge in [-0.05, 0) is 138 Å². The summed E-state index contributed by atoms with van der Waals surface area (Å²) in [5, 5.41) is 10.0. The van der Waals surface area contributed by atoms with Gasteiger partial charge in [0, 0.05) is 25.6 Å². The van der Waals surface area contributed by atoms with Crippen molar-refractivity contribution in [2.45, 2.75) is 128 Å². The SMILES string of the molecule is CC(C)(C)OC(=O)N1CCC2(CCc3ccc(-c4ccc(C[C@@H](C#N)CC(=O)[C@@H]5[C@H]6CC[C@H](C6)N5C(=O)OC(C)(C)C)c(F)c4)cc32)CC1. The van der Waals surface area contributed by atoms with Crippen LogP contribution in [-0.2, 0) is 32.5 Å². The van der Waals surface area contributed by atoms with Crippen molar-refractivity contribution < 1.29 is 28.2 Å². The lowest BCUT2D eigenvalue weighted by atomic mass is 9.73. The molecule has 2 aromatic rings. The number of nitriles is 1. The van der Waals surface area contributed by atoms with Gasteiger partial charge in [0.15, 0.2) is 5.78 Å². The number of nitrogens with zero attached hydrogens (tertiary/aromatic N) is 3. The van der Waals surface area contributed by atoms with E-state index in [2.05, 4.69) is 18.2 Å². The molecule has 4 atom stereocenters. The van der Waals surface area contributed by atoms with Crippen LogP contribution in [0.4, 0.5) is 14.0 Å². The maximum atomic E-state index is 15.7. The molecule has 1 saturated carbocycles. The molecule has 2 bridgehead atoms. The predicted molar refractivity (Wildman–Crippen MR) is 184 cm³/mol. The number of carbonyl (C=O) groups excluding carboxylic acids is 3. The second-order valence-electron chi connectivity index (χ2n) is 16.7. The number of ether oxygens (including phenoxy) is 2. The summed E-state index contributed by atoms with van der Waals surface area (Å²) in [7, 11) is 0. The van der Waals surface area contributed by atoms with Crippen molar-refractivity contribution in [3.63, 3.8) is 0 Å². The Labute approximate surface area is 289 Å². The summed E-state index contributed by atoms with van der Waals surface area (Å²) in [6.45, 7) is 12.4. The second kappa shape index (κ2) is 13.1. The van der Waals surface area contributed by atoms with Crippen molar-refractivity contribution in [1.82, 2.24) is 9.80 Å². The van der Waals surface area contributed by atoms with Gasteiger partial charge in [-0.25, -0.2) is 14.0 Å². The average molecular weight is 672 g/mol. The van der Waals surface area contributed by atoms with Gasteiger partial charge in [0.1, 0.15) is 17.0 Å². The Hall–Kier alpha value is -3.93. The van der Waals surface area contributed by atoms with Gasteiger partial charge in [-0.1, -0.05) is 30.3 Å². The van der Waals surface area contributed by atoms with E-state index in [-0.39, 0.29) is 42.1 Å². The van der Waals surface area contributed by atoms with E-state index in [1.165, 1.54) is 17.2 Å². The number of ketones is 1. The fourth-order valence-corrected chi connectivity index (χ4v) is 8.60. The van der Waals surface area contributed by atoms with Crippen LogP contribution >= 0.6 is 0 Å². The first-order valence-electron chi connectivity index (χ1n) is 17.9. The maximum absolute atomic E-state index is 15.7. The molecule has 2 saturated heterocycles. The van der Waals surface area contributed by atoms with Crippen LogP contribution in [0.15, 0.2) is 36.4 Å². The van der Waals surface area contributed by atoms with E-state index in [0.717, 1.165) is 56.1 Å². The summed E-state index contributed by atoms with van der Waals surface area (Å²) in [5.74, 6) is -1.18. The molecule has 262 valence electrons. The molecule has 2 aromatic carbocycles. The van der Waals surface area contributed by atoms with Crippen LogP contribution in [0.3, 0.4) is 0 Å². The number of Topliss-reactive ketones (excluding diaryl/α,β-unsaturated/α-hetero) is 1. The van der Waals surface area contributed by atoms with E-state index in [1.807, 2.05) is 58.6 Å². The zero-order chi connectivity index (χ0) is 35.3. The highest BCUT2D eigenvalue weighted by molar-refractivity contribution is 5.89. The topological polar surface area (TPSA) is 99.9 Å². The van der Waals surface area contributed by atoms with Crippen LogP contribution in [0.5, 0.6) is 0 Å². The predicted octanol–water partition coefficient (Wildman–Crippen LogP) is 8.14. The standard InChI is InChI=1S/C40H50FN3O5/c1-38(2,3)48-36(46)43-17-15-40(16-18-43)14-13-26-7-8-27(22-32(26)40)28-9-10-29(33(41)23-28)19-25(24-42)20-34(45)35-30-11-12-31(21-30)44(35)37(47)49-39(4,5)6/h7-10,22-23,25,30-31,35H,11-21H2,1-6H3/t25-,30+,31-,35+/m1/s1. The van der Waals surface area contributed by atoms with E-state index in [9.17, 15) is 19.6 Å². The number of hydrogen-bond donors (Lipinski definition) is 0. The van der Waals surface area contributed by atoms with Crippen molar-refractivity contribution in [3.8, 4) is 17.2 Å². The van der Waals surface area contributed by atoms with Crippen molar-refractivity contribution >= 4 is 18.0 Å². The highest BCUT2D eigenvalue weighted by atomic mass is 19.1. The van der Waals surface area contributed by atoms with Crippen molar-refractivity contribution in [1.29, 1.82) is 5.26 Å². The Kier molecular flexibility index (Phi) is 9.32. The summed E-state index contributed by atoms with van der Waals surface area (Å²) in [6, 6.07) is 13.2. The van der Waals surface area contributed by atoms with E-state index < -0.39 is 35.1 Å². The maximum Gasteiger partial charge on any atom is 0.411 e. The lowest BCUT2D eigenvalue weighted by molar-refractivity contribution is -0.126. The molecule has 0 aromatic heterocycles. The number of halogens is 1. The van der Waals surface area contributed by atoms with Gasteiger partial charge < -0.3 is 14.4 Å². The van der Waals surface area contributed by atoms with E-state index >= 15 is 4.39 Å². The molecule has 0 N–H and O–H groups in total. The summed E-state index contributed by atoms with van der Waals surface area (Å²) in [5.41, 5.74) is 3.49. The number of fused-ring (bicyclic) bond motifs is 4. The molecule has 2 heterocycles. The Morgan fingerprint density at radius 3 is 2.24 bits per heavy atom. The molecule has 8 nitrogen and oxygen atoms in total. The van der Waals surface area contributed by atoms with Crippen molar-refractivity contribution in [3.05, 3.63) is 58.9 Å². The Morgan fingerprint density at radius 1 is 0.939 bits per heavy atom. The minimum atomic E-state index is -0.709. The fraction of sp³-hybridized carbons (Fsp3) is 0.600. The molecule has 2 aliphatic heterocycles. The van der Waals surface area contributed by atoms with Crippen LogP contribution in [0.25, 0.3) is 11.1 Å². The van der Waals surface area contributed by atoms with Crippen molar-refractivity contribution in [2.75, 3.05) is 13.1 Å². The Morgan fingerprint density at radius 2 is 1.59 bits per heavy atom. The third-order valence-corrected chi connectivity index (χ3v) is 10.9. The minimum absolute atomic E-state index is 0.00717. The number of likely N-dealkylation sites (tertiary alicyclic amines) is 2. The van der Waals surface area contributed by atoms with Gasteiger partial charge in [0.2, 0.25) is 0 Å². The van der Waals surface area contributed by atoms with Crippen LogP contribution in [0.1, 0.15) is 103 Å². The van der Waals surface area contributed by atoms with Crippen molar-refractivity contribution in [2.24, 2.45) is 11.8 Å². The molecule has 9 heteroatoms. The molecule has 49 heavy (non-hydrogen) atoms. The van der Waals surface area contributed by atoms with Gasteiger partial charge in [-0.3, -0.25) is 9.69 Å². The number of amides is 2. The van der Waals surface area contributed by atoms with Gasteiger partial charge in [0.05, 0.1) is 18.0 Å². The highest BCUT2D eigenvalue weighted by Crippen LogP contribution is 2.48. The second-order valence-corrected chi connectivity index (χ2v) is 16.7. The third-order valence-electron chi connectivity index (χ3n) is 10.9. The monoisotopic (exact) mass is 671 g/mol. The van der Waals surface area contributed by atoms with Crippen LogP contribution < -0.4 is 0 Å². The molecule has 6 rings (SSSR count). The first kappa shape index (κ1) is 34.9. The van der Waals surface area contributed by atoms with E-state index in [1.54, 1.807) is 11.0 Å². The number of carbonyl (C=O) groups is 3. The van der Waals surface area contributed by atoms with Gasteiger partial charge in [-0.15, -0.1) is 0 Å². The summed E-state index contributed by atoms with van der Waals surface area (Å²) in [6.07, 6.45) is 5.59. The average Bonchev–Trinajstić information content (AvgIpc) is 3.74.